The molecule has 0 unspecified atom stereocenters. The van der Waals surface area contributed by atoms with Crippen molar-refractivity contribution in [2.24, 2.45) is 5.41 Å². The third kappa shape index (κ3) is 1.66. The number of hydrogen-bond acceptors (Lipinski definition) is 1. The molecule has 0 saturated heterocycles. The van der Waals surface area contributed by atoms with Crippen LogP contribution in [0.25, 0.3) is 0 Å². The molecule has 6 heteroatoms. The largest absolute Gasteiger partial charge is 0.402 e. The van der Waals surface area contributed by atoms with E-state index < -0.39 is 34.5 Å². The Labute approximate surface area is 83.2 Å². The Hall–Kier alpha value is 0.0400. The second-order valence-electron chi connectivity index (χ2n) is 3.62. The van der Waals surface area contributed by atoms with Crippen molar-refractivity contribution in [1.29, 1.82) is 0 Å². The van der Waals surface area contributed by atoms with Gasteiger partial charge in [0.2, 0.25) is 5.24 Å². The smallest absolute Gasteiger partial charge is 0.280 e. The van der Waals surface area contributed by atoms with Crippen LogP contribution in [0, 0.1) is 5.41 Å². The SMILES string of the molecule is CC1(Cl)CC(C(=O)Cl)(C(F)(F)F)C1. The minimum Gasteiger partial charge on any atom is -0.280 e. The Bertz CT molecular complexity index is 239. The topological polar surface area (TPSA) is 17.1 Å². The van der Waals surface area contributed by atoms with Gasteiger partial charge in [-0.05, 0) is 31.4 Å². The molecule has 0 spiro atoms. The quantitative estimate of drug-likeness (QED) is 0.504. The summed E-state index contributed by atoms with van der Waals surface area (Å²) >= 11 is 10.6. The highest BCUT2D eigenvalue weighted by molar-refractivity contribution is 6.65. The molecular formula is C7H7Cl2F3O. The van der Waals surface area contributed by atoms with Crippen LogP contribution in [0.1, 0.15) is 19.8 Å². The van der Waals surface area contributed by atoms with Gasteiger partial charge < -0.3 is 0 Å². The van der Waals surface area contributed by atoms with Crippen molar-refractivity contribution in [2.45, 2.75) is 30.8 Å². The molecule has 1 nitrogen and oxygen atoms in total. The predicted octanol–water partition coefficient (Wildman–Crippen LogP) is 3.09. The summed E-state index contributed by atoms with van der Waals surface area (Å²) in [5.74, 6) is 0. The molecule has 0 heterocycles. The van der Waals surface area contributed by atoms with Gasteiger partial charge in [0.05, 0.1) is 0 Å². The van der Waals surface area contributed by atoms with Crippen LogP contribution in [0.3, 0.4) is 0 Å². The molecule has 0 aromatic carbocycles. The van der Waals surface area contributed by atoms with E-state index in [1.807, 2.05) is 0 Å². The number of carbonyl (C=O) groups is 1. The first kappa shape index (κ1) is 11.1. The summed E-state index contributed by atoms with van der Waals surface area (Å²) in [6, 6.07) is 0. The van der Waals surface area contributed by atoms with Crippen LogP contribution >= 0.6 is 23.2 Å². The normalized spacial score (nSPS) is 39.8. The number of halogens is 5. The fraction of sp³-hybridized carbons (Fsp3) is 0.857. The maximum absolute atomic E-state index is 12.4. The zero-order chi connectivity index (χ0) is 10.5. The lowest BCUT2D eigenvalue weighted by atomic mass is 9.62. The highest BCUT2D eigenvalue weighted by Crippen LogP contribution is 2.61. The van der Waals surface area contributed by atoms with E-state index in [4.69, 9.17) is 23.2 Å². The molecule has 0 atom stereocenters. The molecule has 1 aliphatic carbocycles. The summed E-state index contributed by atoms with van der Waals surface area (Å²) in [4.78, 5) is 9.71. The molecular weight excluding hydrogens is 228 g/mol. The molecule has 76 valence electrons. The van der Waals surface area contributed by atoms with Crippen molar-refractivity contribution >= 4 is 28.4 Å². The fourth-order valence-electron chi connectivity index (χ4n) is 1.66. The van der Waals surface area contributed by atoms with Crippen LogP contribution in [0.4, 0.5) is 13.2 Å². The lowest BCUT2D eigenvalue weighted by Crippen LogP contribution is -2.58. The Balaban J connectivity index is 2.91. The molecule has 0 N–H and O–H groups in total. The lowest BCUT2D eigenvalue weighted by Gasteiger charge is -2.49. The molecule has 0 bridgehead atoms. The standard InChI is InChI=1S/C7H7Cl2F3O/c1-5(9)2-6(3-5,4(8)13)7(10,11)12/h2-3H2,1H3. The number of rotatable bonds is 1. The average Bonchev–Trinajstić information content (AvgIpc) is 1.78. The summed E-state index contributed by atoms with van der Waals surface area (Å²) in [5.41, 5.74) is -2.41. The number of carbonyl (C=O) groups excluding carboxylic acids is 1. The van der Waals surface area contributed by atoms with Crippen molar-refractivity contribution in [1.82, 2.24) is 0 Å². The van der Waals surface area contributed by atoms with E-state index in [0.717, 1.165) is 0 Å². The summed E-state index contributed by atoms with van der Waals surface area (Å²) < 4.78 is 37.2. The molecule has 1 saturated carbocycles. The molecule has 0 aliphatic heterocycles. The van der Waals surface area contributed by atoms with E-state index in [1.165, 1.54) is 6.92 Å². The van der Waals surface area contributed by atoms with Crippen molar-refractivity contribution < 1.29 is 18.0 Å². The van der Waals surface area contributed by atoms with Crippen molar-refractivity contribution in [3.63, 3.8) is 0 Å². The third-order valence-electron chi connectivity index (χ3n) is 2.26. The number of hydrogen-bond donors (Lipinski definition) is 0. The summed E-state index contributed by atoms with van der Waals surface area (Å²) in [5, 5.41) is -1.36. The van der Waals surface area contributed by atoms with Crippen LogP contribution in [-0.4, -0.2) is 16.3 Å². The van der Waals surface area contributed by atoms with E-state index in [-0.39, 0.29) is 0 Å². The molecule has 1 rings (SSSR count). The van der Waals surface area contributed by atoms with Gasteiger partial charge in [0, 0.05) is 4.87 Å². The van der Waals surface area contributed by atoms with Gasteiger partial charge in [0.15, 0.2) is 0 Å². The first-order valence-electron chi connectivity index (χ1n) is 3.56. The van der Waals surface area contributed by atoms with Crippen LogP contribution in [-0.2, 0) is 4.79 Å². The molecule has 0 amide bonds. The predicted molar refractivity (Wildman–Crippen MR) is 42.8 cm³/mol. The van der Waals surface area contributed by atoms with Crippen LogP contribution < -0.4 is 0 Å². The Morgan fingerprint density at radius 2 is 1.77 bits per heavy atom. The van der Waals surface area contributed by atoms with Gasteiger partial charge >= 0.3 is 6.18 Å². The van der Waals surface area contributed by atoms with Crippen molar-refractivity contribution in [2.75, 3.05) is 0 Å². The first-order chi connectivity index (χ1) is 5.61. The van der Waals surface area contributed by atoms with Crippen LogP contribution in [0.15, 0.2) is 0 Å². The second kappa shape index (κ2) is 2.76. The van der Waals surface area contributed by atoms with Gasteiger partial charge in [0.25, 0.3) is 0 Å². The minimum absolute atomic E-state index is 0.437. The van der Waals surface area contributed by atoms with Gasteiger partial charge in [-0.2, -0.15) is 13.2 Å². The first-order valence-corrected chi connectivity index (χ1v) is 4.32. The minimum atomic E-state index is -4.60. The maximum Gasteiger partial charge on any atom is 0.402 e. The summed E-state index contributed by atoms with van der Waals surface area (Å²) in [7, 11) is 0. The molecule has 1 fully saturated rings. The van der Waals surface area contributed by atoms with Gasteiger partial charge in [-0.25, -0.2) is 0 Å². The molecule has 0 radical (unpaired) electrons. The number of alkyl halides is 4. The average molecular weight is 235 g/mol. The highest BCUT2D eigenvalue weighted by atomic mass is 35.5. The van der Waals surface area contributed by atoms with Gasteiger partial charge in [-0.15, -0.1) is 11.6 Å². The van der Waals surface area contributed by atoms with Gasteiger partial charge in [0.1, 0.15) is 5.41 Å². The molecule has 0 aromatic heterocycles. The fourth-order valence-corrected chi connectivity index (χ4v) is 2.35. The molecule has 1 aliphatic rings. The van der Waals surface area contributed by atoms with E-state index in [0.29, 0.717) is 0 Å². The maximum atomic E-state index is 12.4. The van der Waals surface area contributed by atoms with E-state index in [2.05, 4.69) is 0 Å². The summed E-state index contributed by atoms with van der Waals surface area (Å²) in [6.45, 7) is 1.46. The van der Waals surface area contributed by atoms with Gasteiger partial charge in [-0.3, -0.25) is 4.79 Å². The lowest BCUT2D eigenvalue weighted by molar-refractivity contribution is -0.244. The van der Waals surface area contributed by atoms with Gasteiger partial charge in [-0.1, -0.05) is 0 Å². The molecule has 0 aromatic rings. The zero-order valence-electron chi connectivity index (χ0n) is 6.71. The van der Waals surface area contributed by atoms with Crippen LogP contribution in [0.2, 0.25) is 0 Å². The van der Waals surface area contributed by atoms with Crippen molar-refractivity contribution in [3.05, 3.63) is 0 Å². The van der Waals surface area contributed by atoms with E-state index >= 15 is 0 Å². The van der Waals surface area contributed by atoms with E-state index in [1.54, 1.807) is 0 Å². The Morgan fingerprint density at radius 3 is 1.85 bits per heavy atom. The highest BCUT2D eigenvalue weighted by Gasteiger charge is 2.69. The van der Waals surface area contributed by atoms with Crippen LogP contribution in [0.5, 0.6) is 0 Å². The monoisotopic (exact) mass is 234 g/mol. The van der Waals surface area contributed by atoms with Crippen molar-refractivity contribution in [3.8, 4) is 0 Å². The second-order valence-corrected chi connectivity index (χ2v) is 4.88. The third-order valence-corrected chi connectivity index (χ3v) is 2.89. The Morgan fingerprint density at radius 1 is 1.38 bits per heavy atom. The molecule has 13 heavy (non-hydrogen) atoms. The van der Waals surface area contributed by atoms with E-state index in [9.17, 15) is 18.0 Å². The zero-order valence-corrected chi connectivity index (χ0v) is 8.22. The Kier molecular flexibility index (Phi) is 2.36. The summed E-state index contributed by atoms with van der Waals surface area (Å²) in [6.07, 6.45) is -5.47.